The number of amides is 1. The van der Waals surface area contributed by atoms with Crippen molar-refractivity contribution < 1.29 is 23.1 Å². The molecule has 2 rings (SSSR count). The van der Waals surface area contributed by atoms with Crippen LogP contribution in [0.4, 0.5) is 8.78 Å². The highest BCUT2D eigenvalue weighted by atomic mass is 19.2. The van der Waals surface area contributed by atoms with Gasteiger partial charge in [0.25, 0.3) is 5.91 Å². The van der Waals surface area contributed by atoms with E-state index in [1.54, 1.807) is 4.90 Å². The molecule has 0 spiro atoms. The Labute approximate surface area is 153 Å². The molecule has 6 heteroatoms. The SMILES string of the molecule is CCCCCCCOC(=O)C1CCN(C(=O)c2ccc(F)c(F)c2)CC1. The third-order valence-electron chi connectivity index (χ3n) is 4.77. The third kappa shape index (κ3) is 5.78. The van der Waals surface area contributed by atoms with Crippen LogP contribution >= 0.6 is 0 Å². The molecule has 4 nitrogen and oxygen atoms in total. The zero-order chi connectivity index (χ0) is 18.9. The molecule has 0 radical (unpaired) electrons. The Morgan fingerprint density at radius 2 is 1.77 bits per heavy atom. The maximum Gasteiger partial charge on any atom is 0.309 e. The summed E-state index contributed by atoms with van der Waals surface area (Å²) in [7, 11) is 0. The van der Waals surface area contributed by atoms with Gasteiger partial charge >= 0.3 is 5.97 Å². The first-order chi connectivity index (χ1) is 12.5. The summed E-state index contributed by atoms with van der Waals surface area (Å²) >= 11 is 0. The molecule has 1 heterocycles. The lowest BCUT2D eigenvalue weighted by Crippen LogP contribution is -2.40. The lowest BCUT2D eigenvalue weighted by atomic mass is 9.96. The first-order valence-corrected chi connectivity index (χ1v) is 9.44. The molecule has 1 aliphatic heterocycles. The highest BCUT2D eigenvalue weighted by Crippen LogP contribution is 2.21. The monoisotopic (exact) mass is 367 g/mol. The van der Waals surface area contributed by atoms with Gasteiger partial charge in [-0.1, -0.05) is 32.6 Å². The Kier molecular flexibility index (Phi) is 8.01. The highest BCUT2D eigenvalue weighted by Gasteiger charge is 2.29. The minimum absolute atomic E-state index is 0.122. The molecule has 0 atom stereocenters. The molecule has 1 aromatic carbocycles. The van der Waals surface area contributed by atoms with Gasteiger partial charge in [0.15, 0.2) is 11.6 Å². The van der Waals surface area contributed by atoms with E-state index < -0.39 is 11.6 Å². The quantitative estimate of drug-likeness (QED) is 0.507. The number of benzene rings is 1. The van der Waals surface area contributed by atoms with E-state index in [0.717, 1.165) is 25.0 Å². The summed E-state index contributed by atoms with van der Waals surface area (Å²) < 4.78 is 31.6. The van der Waals surface area contributed by atoms with Gasteiger partial charge in [-0.3, -0.25) is 9.59 Å². The molecule has 0 aliphatic carbocycles. The van der Waals surface area contributed by atoms with Crippen molar-refractivity contribution in [3.05, 3.63) is 35.4 Å². The molecule has 0 unspecified atom stereocenters. The first-order valence-electron chi connectivity index (χ1n) is 9.44. The second-order valence-electron chi connectivity index (χ2n) is 6.78. The minimum Gasteiger partial charge on any atom is -0.465 e. The van der Waals surface area contributed by atoms with E-state index in [-0.39, 0.29) is 23.4 Å². The summed E-state index contributed by atoms with van der Waals surface area (Å²) in [6, 6.07) is 3.14. The number of carbonyl (C=O) groups is 2. The fourth-order valence-corrected chi connectivity index (χ4v) is 3.13. The van der Waals surface area contributed by atoms with Crippen LogP contribution in [0.5, 0.6) is 0 Å². The van der Waals surface area contributed by atoms with Crippen molar-refractivity contribution in [3.63, 3.8) is 0 Å². The van der Waals surface area contributed by atoms with Crippen LogP contribution < -0.4 is 0 Å². The number of carbonyl (C=O) groups excluding carboxylic acids is 2. The molecule has 26 heavy (non-hydrogen) atoms. The van der Waals surface area contributed by atoms with E-state index in [9.17, 15) is 18.4 Å². The molecule has 0 aromatic heterocycles. The van der Waals surface area contributed by atoms with E-state index in [1.807, 2.05) is 0 Å². The Morgan fingerprint density at radius 1 is 1.08 bits per heavy atom. The van der Waals surface area contributed by atoms with Crippen LogP contribution in [0, 0.1) is 17.6 Å². The second-order valence-corrected chi connectivity index (χ2v) is 6.78. The van der Waals surface area contributed by atoms with Crippen molar-refractivity contribution in [1.29, 1.82) is 0 Å². The van der Waals surface area contributed by atoms with Crippen molar-refractivity contribution in [2.24, 2.45) is 5.92 Å². The summed E-state index contributed by atoms with van der Waals surface area (Å²) in [6.45, 7) is 3.43. The number of hydrogen-bond acceptors (Lipinski definition) is 3. The molecule has 0 bridgehead atoms. The van der Waals surface area contributed by atoms with Crippen LogP contribution in [0.2, 0.25) is 0 Å². The van der Waals surface area contributed by atoms with Crippen LogP contribution in [0.15, 0.2) is 18.2 Å². The number of nitrogens with zero attached hydrogens (tertiary/aromatic N) is 1. The van der Waals surface area contributed by atoms with Crippen molar-refractivity contribution in [1.82, 2.24) is 4.90 Å². The number of hydrogen-bond donors (Lipinski definition) is 0. The van der Waals surface area contributed by atoms with Crippen LogP contribution in [0.3, 0.4) is 0 Å². The van der Waals surface area contributed by atoms with Crippen molar-refractivity contribution in [2.75, 3.05) is 19.7 Å². The van der Waals surface area contributed by atoms with Crippen molar-refractivity contribution >= 4 is 11.9 Å². The van der Waals surface area contributed by atoms with Crippen LogP contribution in [0.1, 0.15) is 62.2 Å². The topological polar surface area (TPSA) is 46.6 Å². The number of ether oxygens (including phenoxy) is 1. The molecular weight excluding hydrogens is 340 g/mol. The Bertz CT molecular complexity index is 613. The van der Waals surface area contributed by atoms with Crippen molar-refractivity contribution in [2.45, 2.75) is 51.9 Å². The number of piperidine rings is 1. The van der Waals surface area contributed by atoms with Gasteiger partial charge in [-0.25, -0.2) is 8.78 Å². The van der Waals surface area contributed by atoms with E-state index >= 15 is 0 Å². The molecular formula is C20H27F2NO3. The van der Waals surface area contributed by atoms with E-state index in [4.69, 9.17) is 4.74 Å². The van der Waals surface area contributed by atoms with Crippen LogP contribution in [0.25, 0.3) is 0 Å². The fourth-order valence-electron chi connectivity index (χ4n) is 3.13. The average Bonchev–Trinajstić information content (AvgIpc) is 2.66. The second kappa shape index (κ2) is 10.2. The number of esters is 1. The van der Waals surface area contributed by atoms with Gasteiger partial charge in [-0.2, -0.15) is 0 Å². The predicted molar refractivity (Wildman–Crippen MR) is 94.7 cm³/mol. The smallest absolute Gasteiger partial charge is 0.309 e. The Hall–Kier alpha value is -1.98. The molecule has 0 saturated carbocycles. The largest absolute Gasteiger partial charge is 0.465 e. The summed E-state index contributed by atoms with van der Waals surface area (Å²) in [5.74, 6) is -2.74. The van der Waals surface area contributed by atoms with Gasteiger partial charge < -0.3 is 9.64 Å². The third-order valence-corrected chi connectivity index (χ3v) is 4.77. The van der Waals surface area contributed by atoms with Gasteiger partial charge in [0, 0.05) is 18.7 Å². The molecule has 1 saturated heterocycles. The highest BCUT2D eigenvalue weighted by molar-refractivity contribution is 5.94. The van der Waals surface area contributed by atoms with Gasteiger partial charge in [-0.05, 0) is 37.5 Å². The van der Waals surface area contributed by atoms with Crippen molar-refractivity contribution in [3.8, 4) is 0 Å². The van der Waals surface area contributed by atoms with E-state index in [0.29, 0.717) is 32.5 Å². The lowest BCUT2D eigenvalue weighted by Gasteiger charge is -2.31. The Balaban J connectivity index is 1.73. The number of likely N-dealkylation sites (tertiary alicyclic amines) is 1. The summed E-state index contributed by atoms with van der Waals surface area (Å²) in [4.78, 5) is 26.0. The fraction of sp³-hybridized carbons (Fsp3) is 0.600. The van der Waals surface area contributed by atoms with E-state index in [1.165, 1.54) is 25.3 Å². The number of rotatable bonds is 8. The summed E-state index contributed by atoms with van der Waals surface area (Å²) in [5, 5.41) is 0. The van der Waals surface area contributed by atoms with Gasteiger partial charge in [0.2, 0.25) is 0 Å². The maximum absolute atomic E-state index is 13.3. The molecule has 1 amide bonds. The average molecular weight is 367 g/mol. The Morgan fingerprint density at radius 3 is 2.42 bits per heavy atom. The summed E-state index contributed by atoms with van der Waals surface area (Å²) in [5.41, 5.74) is 0.122. The molecule has 144 valence electrons. The maximum atomic E-state index is 13.3. The predicted octanol–water partition coefficient (Wildman–Crippen LogP) is 4.33. The molecule has 1 aromatic rings. The standard InChI is InChI=1S/C20H27F2NO3/c1-2-3-4-5-6-13-26-20(25)15-9-11-23(12-10-15)19(24)16-7-8-17(21)18(22)14-16/h7-8,14-15H,2-6,9-13H2,1H3. The lowest BCUT2D eigenvalue weighted by molar-refractivity contribution is -0.150. The molecule has 0 N–H and O–H groups in total. The minimum atomic E-state index is -1.03. The normalized spacial score (nSPS) is 15.1. The van der Waals surface area contributed by atoms with Gasteiger partial charge in [0.05, 0.1) is 12.5 Å². The number of halogens is 2. The molecule has 1 aliphatic rings. The first kappa shape index (κ1) is 20.3. The van der Waals surface area contributed by atoms with Crippen LogP contribution in [-0.4, -0.2) is 36.5 Å². The van der Waals surface area contributed by atoms with E-state index in [2.05, 4.69) is 6.92 Å². The van der Waals surface area contributed by atoms with Gasteiger partial charge in [0.1, 0.15) is 0 Å². The zero-order valence-electron chi connectivity index (χ0n) is 15.3. The van der Waals surface area contributed by atoms with Gasteiger partial charge in [-0.15, -0.1) is 0 Å². The molecule has 1 fully saturated rings. The van der Waals surface area contributed by atoms with Crippen LogP contribution in [-0.2, 0) is 9.53 Å². The summed E-state index contributed by atoms with van der Waals surface area (Å²) in [6.07, 6.45) is 6.58. The zero-order valence-corrected chi connectivity index (χ0v) is 15.3. The number of unbranched alkanes of at least 4 members (excludes halogenated alkanes) is 4.